The second-order valence-electron chi connectivity index (χ2n) is 11.1. The highest BCUT2D eigenvalue weighted by Gasteiger charge is 2.37. The van der Waals surface area contributed by atoms with Gasteiger partial charge in [0, 0.05) is 38.8 Å². The van der Waals surface area contributed by atoms with Crippen LogP contribution >= 0.6 is 0 Å². The van der Waals surface area contributed by atoms with E-state index in [0.29, 0.717) is 18.3 Å². The molecule has 0 aromatic heterocycles. The predicted octanol–water partition coefficient (Wildman–Crippen LogP) is 5.45. The van der Waals surface area contributed by atoms with Crippen LogP contribution in [0.4, 0.5) is 0 Å². The Labute approximate surface area is 222 Å². The number of likely N-dealkylation sites (tertiary alicyclic amines) is 1. The zero-order valence-corrected chi connectivity index (χ0v) is 22.9. The van der Waals surface area contributed by atoms with E-state index < -0.39 is 0 Å². The van der Waals surface area contributed by atoms with Gasteiger partial charge in [0.15, 0.2) is 6.61 Å². The number of benzene rings is 2. The smallest absolute Gasteiger partial charge is 0.260 e. The number of nitrogens with zero attached hydrogens (tertiary/aromatic N) is 2. The maximum atomic E-state index is 13.0. The van der Waals surface area contributed by atoms with Crippen LogP contribution in [0.25, 0.3) is 0 Å². The van der Waals surface area contributed by atoms with E-state index in [2.05, 4.69) is 43.0 Å². The molecule has 0 radical (unpaired) electrons. The number of rotatable bonds is 6. The lowest BCUT2D eigenvalue weighted by Crippen LogP contribution is -2.50. The lowest BCUT2D eigenvalue weighted by molar-refractivity contribution is -0.136. The van der Waals surface area contributed by atoms with Crippen LogP contribution in [0.1, 0.15) is 51.5 Å². The van der Waals surface area contributed by atoms with E-state index in [1.807, 2.05) is 29.2 Å². The Hall–Kier alpha value is -2.73. The third kappa shape index (κ3) is 7.88. The van der Waals surface area contributed by atoms with Gasteiger partial charge in [0.2, 0.25) is 0 Å². The zero-order chi connectivity index (χ0) is 26.1. The molecule has 0 aliphatic carbocycles. The van der Waals surface area contributed by atoms with Crippen molar-refractivity contribution in [3.8, 4) is 17.2 Å². The lowest BCUT2D eigenvalue weighted by Gasteiger charge is -2.45. The SMILES string of the molecule is COc1cccc(OCC(=O)N2CCC3(CCCCc4ccccc4OCCN(CC(C)C)C3)CC2)c1. The number of methoxy groups -OCH3 is 1. The summed E-state index contributed by atoms with van der Waals surface area (Å²) in [7, 11) is 1.63. The van der Waals surface area contributed by atoms with Gasteiger partial charge in [-0.25, -0.2) is 0 Å². The summed E-state index contributed by atoms with van der Waals surface area (Å²) in [5.74, 6) is 3.11. The van der Waals surface area contributed by atoms with Crippen molar-refractivity contribution >= 4 is 5.91 Å². The first-order valence-electron chi connectivity index (χ1n) is 13.9. The molecule has 202 valence electrons. The van der Waals surface area contributed by atoms with Crippen molar-refractivity contribution in [2.75, 3.05) is 53.0 Å². The average Bonchev–Trinajstić information content (AvgIpc) is 2.90. The quantitative estimate of drug-likeness (QED) is 0.520. The summed E-state index contributed by atoms with van der Waals surface area (Å²) in [4.78, 5) is 17.6. The minimum atomic E-state index is 0.0647. The van der Waals surface area contributed by atoms with E-state index in [0.717, 1.165) is 63.5 Å². The monoisotopic (exact) mass is 508 g/mol. The van der Waals surface area contributed by atoms with E-state index in [9.17, 15) is 4.79 Å². The number of piperidine rings is 1. The van der Waals surface area contributed by atoms with Crippen LogP contribution < -0.4 is 14.2 Å². The van der Waals surface area contributed by atoms with Gasteiger partial charge in [-0.15, -0.1) is 0 Å². The fraction of sp³-hybridized carbons (Fsp3) is 0.581. The van der Waals surface area contributed by atoms with Crippen molar-refractivity contribution in [3.05, 3.63) is 54.1 Å². The van der Waals surface area contributed by atoms with Crippen molar-refractivity contribution in [1.82, 2.24) is 9.80 Å². The van der Waals surface area contributed by atoms with Crippen LogP contribution in [0, 0.1) is 11.3 Å². The van der Waals surface area contributed by atoms with Crippen molar-refractivity contribution in [1.29, 1.82) is 0 Å². The molecule has 0 unspecified atom stereocenters. The molecule has 1 spiro atoms. The largest absolute Gasteiger partial charge is 0.497 e. The van der Waals surface area contributed by atoms with Crippen LogP contribution in [0.15, 0.2) is 48.5 Å². The summed E-state index contributed by atoms with van der Waals surface area (Å²) < 4.78 is 17.3. The fourth-order valence-corrected chi connectivity index (χ4v) is 5.82. The molecular formula is C31H44N2O4. The number of hydrogen-bond acceptors (Lipinski definition) is 5. The molecule has 0 atom stereocenters. The first kappa shape index (κ1) is 27.3. The molecule has 6 heteroatoms. The van der Waals surface area contributed by atoms with E-state index in [1.54, 1.807) is 7.11 Å². The number of para-hydroxylation sites is 1. The highest BCUT2D eigenvalue weighted by molar-refractivity contribution is 5.77. The fourth-order valence-electron chi connectivity index (χ4n) is 5.82. The second kappa shape index (κ2) is 13.2. The van der Waals surface area contributed by atoms with E-state index in [-0.39, 0.29) is 17.9 Å². The third-order valence-electron chi connectivity index (χ3n) is 7.80. The van der Waals surface area contributed by atoms with Crippen molar-refractivity contribution in [3.63, 3.8) is 0 Å². The Bertz CT molecular complexity index is 1000. The number of aryl methyl sites for hydroxylation is 1. The normalized spacial score (nSPS) is 18.9. The van der Waals surface area contributed by atoms with Crippen LogP contribution in [0.3, 0.4) is 0 Å². The Kier molecular flexibility index (Phi) is 9.73. The summed E-state index contributed by atoms with van der Waals surface area (Å²) in [6.45, 7) is 10.1. The molecule has 0 bridgehead atoms. The van der Waals surface area contributed by atoms with Gasteiger partial charge in [-0.05, 0) is 67.2 Å². The number of fused-ring (bicyclic) bond motifs is 1. The highest BCUT2D eigenvalue weighted by Crippen LogP contribution is 2.38. The van der Waals surface area contributed by atoms with Gasteiger partial charge >= 0.3 is 0 Å². The topological polar surface area (TPSA) is 51.2 Å². The van der Waals surface area contributed by atoms with Gasteiger partial charge in [0.25, 0.3) is 5.91 Å². The zero-order valence-electron chi connectivity index (χ0n) is 22.9. The second-order valence-corrected chi connectivity index (χ2v) is 11.1. The van der Waals surface area contributed by atoms with Gasteiger partial charge in [-0.1, -0.05) is 44.5 Å². The number of carbonyl (C=O) groups is 1. The molecule has 2 aliphatic heterocycles. The van der Waals surface area contributed by atoms with Crippen molar-refractivity contribution in [2.45, 2.75) is 52.4 Å². The number of ether oxygens (including phenoxy) is 3. The summed E-state index contributed by atoms with van der Waals surface area (Å²) in [6, 6.07) is 15.9. The van der Waals surface area contributed by atoms with Crippen molar-refractivity contribution < 1.29 is 19.0 Å². The number of carbonyl (C=O) groups excluding carboxylic acids is 1. The van der Waals surface area contributed by atoms with Crippen molar-refractivity contribution in [2.24, 2.45) is 11.3 Å². The molecule has 6 nitrogen and oxygen atoms in total. The molecule has 2 heterocycles. The maximum absolute atomic E-state index is 13.0. The standard InChI is InChI=1S/C31H44N2O4/c1-25(2)22-32-19-20-36-29-13-5-4-9-26(29)10-6-7-14-31(24-32)15-17-33(18-16-31)30(34)23-37-28-12-8-11-27(21-28)35-3/h4-5,8-9,11-13,21,25H,6-7,10,14-20,22-24H2,1-3H3. The van der Waals surface area contributed by atoms with Crippen LogP contribution in [0.5, 0.6) is 17.2 Å². The summed E-state index contributed by atoms with van der Waals surface area (Å²) >= 11 is 0. The lowest BCUT2D eigenvalue weighted by atomic mass is 9.73. The molecule has 2 aromatic rings. The molecule has 4 rings (SSSR count). The average molecular weight is 509 g/mol. The minimum absolute atomic E-state index is 0.0647. The molecule has 1 fully saturated rings. The molecule has 0 saturated carbocycles. The first-order valence-corrected chi connectivity index (χ1v) is 13.9. The summed E-state index contributed by atoms with van der Waals surface area (Å²) in [5.41, 5.74) is 1.57. The van der Waals surface area contributed by atoms with Gasteiger partial charge in [-0.2, -0.15) is 0 Å². The van der Waals surface area contributed by atoms with Crippen LogP contribution in [-0.4, -0.2) is 68.8 Å². The Balaban J connectivity index is 1.37. The summed E-state index contributed by atoms with van der Waals surface area (Å²) in [6.07, 6.45) is 6.75. The van der Waals surface area contributed by atoms with Gasteiger partial charge in [0.1, 0.15) is 23.9 Å². The molecule has 1 amide bonds. The Morgan fingerprint density at radius 1 is 1.00 bits per heavy atom. The van der Waals surface area contributed by atoms with Gasteiger partial charge in [-0.3, -0.25) is 9.69 Å². The molecule has 37 heavy (non-hydrogen) atoms. The van der Waals surface area contributed by atoms with E-state index in [4.69, 9.17) is 14.2 Å². The van der Waals surface area contributed by atoms with Gasteiger partial charge in [0.05, 0.1) is 7.11 Å². The highest BCUT2D eigenvalue weighted by atomic mass is 16.5. The predicted molar refractivity (Wildman–Crippen MR) is 148 cm³/mol. The molecule has 2 aliphatic rings. The van der Waals surface area contributed by atoms with Crippen LogP contribution in [-0.2, 0) is 11.2 Å². The van der Waals surface area contributed by atoms with Gasteiger partial charge < -0.3 is 19.1 Å². The Morgan fingerprint density at radius 2 is 1.78 bits per heavy atom. The maximum Gasteiger partial charge on any atom is 0.260 e. The molecule has 2 aromatic carbocycles. The molecular weight excluding hydrogens is 464 g/mol. The Morgan fingerprint density at radius 3 is 2.57 bits per heavy atom. The first-order chi connectivity index (χ1) is 18.0. The number of amides is 1. The molecule has 0 N–H and O–H groups in total. The minimum Gasteiger partial charge on any atom is -0.497 e. The third-order valence-corrected chi connectivity index (χ3v) is 7.80. The van der Waals surface area contributed by atoms with E-state index >= 15 is 0 Å². The number of hydrogen-bond donors (Lipinski definition) is 0. The summed E-state index contributed by atoms with van der Waals surface area (Å²) in [5, 5.41) is 0. The molecule has 1 saturated heterocycles. The van der Waals surface area contributed by atoms with Crippen LogP contribution in [0.2, 0.25) is 0 Å². The van der Waals surface area contributed by atoms with E-state index in [1.165, 1.54) is 24.8 Å².